The summed E-state index contributed by atoms with van der Waals surface area (Å²) in [7, 11) is 0. The van der Waals surface area contributed by atoms with Crippen molar-refractivity contribution in [3.63, 3.8) is 0 Å². The number of aliphatic hydroxyl groups is 1. The zero-order valence-corrected chi connectivity index (χ0v) is 16.5. The molecule has 28 heavy (non-hydrogen) atoms. The van der Waals surface area contributed by atoms with E-state index in [1.165, 1.54) is 18.7 Å². The number of rotatable bonds is 13. The molecule has 160 valence electrons. The van der Waals surface area contributed by atoms with E-state index in [9.17, 15) is 24.0 Å². The van der Waals surface area contributed by atoms with Gasteiger partial charge in [-0.2, -0.15) is 11.8 Å². The van der Waals surface area contributed by atoms with E-state index in [0.29, 0.717) is 5.75 Å². The van der Waals surface area contributed by atoms with Crippen LogP contribution in [0, 0.1) is 0 Å². The molecule has 0 rings (SSSR count). The third-order valence-corrected chi connectivity index (χ3v) is 4.19. The number of carbonyl (C=O) groups is 5. The van der Waals surface area contributed by atoms with Crippen LogP contribution in [0.4, 0.5) is 0 Å². The Hall–Kier alpha value is -2.38. The van der Waals surface area contributed by atoms with Gasteiger partial charge < -0.3 is 37.6 Å². The van der Waals surface area contributed by atoms with Gasteiger partial charge in [0.1, 0.15) is 24.2 Å². The molecule has 12 nitrogen and oxygen atoms in total. The highest BCUT2D eigenvalue weighted by atomic mass is 32.2. The van der Waals surface area contributed by atoms with Gasteiger partial charge in [-0.15, -0.1) is 0 Å². The largest absolute Gasteiger partial charge is 0.480 e. The van der Waals surface area contributed by atoms with Crippen molar-refractivity contribution in [3.8, 4) is 0 Å². The Kier molecular flexibility index (Phi) is 11.8. The molecule has 0 saturated carbocycles. The number of amides is 4. The monoisotopic (exact) mass is 421 g/mol. The number of primary amides is 1. The number of aliphatic hydroxyl groups excluding tert-OH is 1. The molecular weight excluding hydrogens is 394 g/mol. The quantitative estimate of drug-likeness (QED) is 0.157. The average Bonchev–Trinajstić information content (AvgIpc) is 2.62. The second-order valence-corrected chi connectivity index (χ2v) is 6.92. The molecule has 9 N–H and O–H groups in total. The molecule has 0 fully saturated rings. The van der Waals surface area contributed by atoms with Gasteiger partial charge >= 0.3 is 5.97 Å². The number of hydrogen-bond donors (Lipinski definition) is 7. The predicted molar refractivity (Wildman–Crippen MR) is 101 cm³/mol. The lowest BCUT2D eigenvalue weighted by Crippen LogP contribution is -2.57. The summed E-state index contributed by atoms with van der Waals surface area (Å²) in [5.41, 5.74) is 10.3. The maximum atomic E-state index is 12.4. The van der Waals surface area contributed by atoms with Crippen LogP contribution in [0.2, 0.25) is 0 Å². The number of nitrogens with two attached hydrogens (primary N) is 2. The highest BCUT2D eigenvalue weighted by Gasteiger charge is 2.29. The first-order valence-corrected chi connectivity index (χ1v) is 9.70. The van der Waals surface area contributed by atoms with Gasteiger partial charge in [0.25, 0.3) is 0 Å². The van der Waals surface area contributed by atoms with Gasteiger partial charge in [0, 0.05) is 0 Å². The predicted octanol–water partition coefficient (Wildman–Crippen LogP) is -3.51. The van der Waals surface area contributed by atoms with Crippen molar-refractivity contribution in [3.05, 3.63) is 0 Å². The Bertz CT molecular complexity index is 589. The number of carboxylic acid groups (broad SMARTS) is 1. The smallest absolute Gasteiger partial charge is 0.326 e. The molecule has 4 amide bonds. The second-order valence-electron chi connectivity index (χ2n) is 5.93. The average molecular weight is 421 g/mol. The van der Waals surface area contributed by atoms with Crippen molar-refractivity contribution in [2.45, 2.75) is 43.9 Å². The van der Waals surface area contributed by atoms with Crippen LogP contribution < -0.4 is 27.4 Å². The molecule has 0 heterocycles. The van der Waals surface area contributed by atoms with Crippen molar-refractivity contribution < 1.29 is 34.2 Å². The first kappa shape index (κ1) is 25.6. The lowest BCUT2D eigenvalue weighted by atomic mass is 10.1. The topological polar surface area (TPSA) is 214 Å². The molecule has 0 aliphatic carbocycles. The number of thioether (sulfide) groups is 1. The van der Waals surface area contributed by atoms with Crippen LogP contribution in [0.25, 0.3) is 0 Å². The highest BCUT2D eigenvalue weighted by Crippen LogP contribution is 2.03. The number of nitrogens with one attached hydrogen (secondary N) is 3. The summed E-state index contributed by atoms with van der Waals surface area (Å²) in [4.78, 5) is 58.4. The molecule has 0 bridgehead atoms. The van der Waals surface area contributed by atoms with E-state index in [0.717, 1.165) is 0 Å². The van der Waals surface area contributed by atoms with Crippen LogP contribution in [0.15, 0.2) is 0 Å². The van der Waals surface area contributed by atoms with Crippen molar-refractivity contribution in [2.24, 2.45) is 11.5 Å². The number of aliphatic carboxylic acids is 1. The minimum absolute atomic E-state index is 0.179. The van der Waals surface area contributed by atoms with Crippen molar-refractivity contribution in [2.75, 3.05) is 18.6 Å². The van der Waals surface area contributed by atoms with Crippen LogP contribution >= 0.6 is 11.8 Å². The van der Waals surface area contributed by atoms with Crippen molar-refractivity contribution in [1.82, 2.24) is 16.0 Å². The summed E-state index contributed by atoms with van der Waals surface area (Å²) in [5, 5.41) is 24.8. The molecule has 4 atom stereocenters. The van der Waals surface area contributed by atoms with Gasteiger partial charge in [0.15, 0.2) is 0 Å². The van der Waals surface area contributed by atoms with Gasteiger partial charge in [0.05, 0.1) is 13.0 Å². The van der Waals surface area contributed by atoms with Gasteiger partial charge in [-0.1, -0.05) is 0 Å². The van der Waals surface area contributed by atoms with Gasteiger partial charge in [-0.05, 0) is 25.4 Å². The molecule has 0 aromatic rings. The van der Waals surface area contributed by atoms with E-state index in [1.54, 1.807) is 6.26 Å². The third kappa shape index (κ3) is 9.53. The zero-order valence-electron chi connectivity index (χ0n) is 15.6. The summed E-state index contributed by atoms with van der Waals surface area (Å²) in [6.07, 6.45) is 1.36. The van der Waals surface area contributed by atoms with E-state index in [1.807, 2.05) is 0 Å². The third-order valence-electron chi connectivity index (χ3n) is 3.55. The fourth-order valence-electron chi connectivity index (χ4n) is 1.94. The van der Waals surface area contributed by atoms with E-state index in [2.05, 4.69) is 16.0 Å². The van der Waals surface area contributed by atoms with E-state index < -0.39 is 66.8 Å². The zero-order chi connectivity index (χ0) is 21.9. The van der Waals surface area contributed by atoms with Gasteiger partial charge in [-0.25, -0.2) is 4.79 Å². The van der Waals surface area contributed by atoms with Crippen molar-refractivity contribution >= 4 is 41.4 Å². The normalized spacial score (nSPS) is 14.9. The van der Waals surface area contributed by atoms with Crippen LogP contribution in [0.5, 0.6) is 0 Å². The number of carboxylic acids is 1. The fourth-order valence-corrected chi connectivity index (χ4v) is 2.42. The Morgan fingerprint density at radius 3 is 2.04 bits per heavy atom. The summed E-state index contributed by atoms with van der Waals surface area (Å²) >= 11 is 1.40. The van der Waals surface area contributed by atoms with E-state index in [4.69, 9.17) is 21.7 Å². The molecule has 4 unspecified atom stereocenters. The number of hydrogen-bond acceptors (Lipinski definition) is 8. The van der Waals surface area contributed by atoms with Gasteiger partial charge in [0.2, 0.25) is 23.6 Å². The van der Waals surface area contributed by atoms with E-state index >= 15 is 0 Å². The summed E-state index contributed by atoms with van der Waals surface area (Å²) in [6.45, 7) is 0.753. The van der Waals surface area contributed by atoms with Crippen LogP contribution in [0.3, 0.4) is 0 Å². The Morgan fingerprint density at radius 2 is 1.57 bits per heavy atom. The minimum Gasteiger partial charge on any atom is -0.480 e. The van der Waals surface area contributed by atoms with Crippen LogP contribution in [-0.4, -0.2) is 82.6 Å². The molecule has 0 aliphatic rings. The second kappa shape index (κ2) is 12.9. The molecule has 0 aliphatic heterocycles. The van der Waals surface area contributed by atoms with Crippen LogP contribution in [0.1, 0.15) is 19.8 Å². The summed E-state index contributed by atoms with van der Waals surface area (Å²) in [6, 6.07) is -4.88. The standard InChI is InChI=1S/C15H27N5O7S/c1-7(18-13(24)8(16)6-21)12(23)19-9(3-4-28-2)14(25)20-10(15(26)27)5-11(17)22/h7-10,21H,3-6,16H2,1-2H3,(H2,17,22)(H,18,24)(H,19,23)(H,20,25)(H,26,27). The maximum absolute atomic E-state index is 12.4. The summed E-state index contributed by atoms with van der Waals surface area (Å²) in [5.74, 6) is -4.14. The maximum Gasteiger partial charge on any atom is 0.326 e. The lowest BCUT2D eigenvalue weighted by molar-refractivity contribution is -0.143. The SMILES string of the molecule is CSCCC(NC(=O)C(C)NC(=O)C(N)CO)C(=O)NC(CC(N)=O)C(=O)O. The van der Waals surface area contributed by atoms with E-state index in [-0.39, 0.29) is 6.42 Å². The Balaban J connectivity index is 5.06. The Labute approximate surface area is 166 Å². The minimum atomic E-state index is -1.53. The molecule has 0 aromatic heterocycles. The van der Waals surface area contributed by atoms with Crippen LogP contribution in [-0.2, 0) is 24.0 Å². The lowest BCUT2D eigenvalue weighted by Gasteiger charge is -2.23. The summed E-state index contributed by atoms with van der Waals surface area (Å²) < 4.78 is 0. The molecule has 0 saturated heterocycles. The molecule has 0 aromatic carbocycles. The molecular formula is C15H27N5O7S. The molecule has 0 spiro atoms. The Morgan fingerprint density at radius 1 is 1.00 bits per heavy atom. The molecule has 13 heteroatoms. The number of carbonyl (C=O) groups excluding carboxylic acids is 4. The first-order chi connectivity index (χ1) is 13.0. The van der Waals surface area contributed by atoms with Crippen molar-refractivity contribution in [1.29, 1.82) is 0 Å². The first-order valence-electron chi connectivity index (χ1n) is 8.31. The fraction of sp³-hybridized carbons (Fsp3) is 0.667. The molecule has 0 radical (unpaired) electrons. The van der Waals surface area contributed by atoms with Gasteiger partial charge in [-0.3, -0.25) is 19.2 Å². The highest BCUT2D eigenvalue weighted by molar-refractivity contribution is 7.98.